The number of anilines is 1. The maximum Gasteiger partial charge on any atom is 0.262 e. The van der Waals surface area contributed by atoms with Crippen LogP contribution in [0.2, 0.25) is 0 Å². The van der Waals surface area contributed by atoms with Gasteiger partial charge in [-0.2, -0.15) is 10.5 Å². The maximum absolute atomic E-state index is 12.1. The van der Waals surface area contributed by atoms with Crippen molar-refractivity contribution in [3.8, 4) is 17.9 Å². The van der Waals surface area contributed by atoms with Crippen molar-refractivity contribution < 1.29 is 9.53 Å². The van der Waals surface area contributed by atoms with E-state index in [0.717, 1.165) is 31.2 Å². The van der Waals surface area contributed by atoms with E-state index in [0.29, 0.717) is 21.9 Å². The summed E-state index contributed by atoms with van der Waals surface area (Å²) in [5.41, 5.74) is 2.23. The molecular formula is C18H15N3O2S. The highest BCUT2D eigenvalue weighted by Gasteiger charge is 2.21. The van der Waals surface area contributed by atoms with Gasteiger partial charge in [-0.15, -0.1) is 11.3 Å². The number of nitrogens with zero attached hydrogens (tertiary/aromatic N) is 2. The van der Waals surface area contributed by atoms with Crippen LogP contribution in [0.3, 0.4) is 0 Å². The number of thiophene rings is 1. The van der Waals surface area contributed by atoms with Crippen LogP contribution in [-0.2, 0) is 17.6 Å². The van der Waals surface area contributed by atoms with Gasteiger partial charge < -0.3 is 10.1 Å². The van der Waals surface area contributed by atoms with Gasteiger partial charge in [0.1, 0.15) is 16.8 Å². The van der Waals surface area contributed by atoms with Crippen LogP contribution in [-0.4, -0.2) is 12.5 Å². The molecule has 1 aliphatic carbocycles. The van der Waals surface area contributed by atoms with Gasteiger partial charge in [-0.25, -0.2) is 0 Å². The van der Waals surface area contributed by atoms with Crippen LogP contribution in [0, 0.1) is 22.7 Å². The quantitative estimate of drug-likeness (QED) is 0.926. The summed E-state index contributed by atoms with van der Waals surface area (Å²) < 4.78 is 5.42. The fourth-order valence-electron chi connectivity index (χ4n) is 2.71. The molecule has 0 atom stereocenters. The van der Waals surface area contributed by atoms with Gasteiger partial charge in [0.25, 0.3) is 5.91 Å². The number of rotatable bonds is 4. The normalized spacial score (nSPS) is 12.6. The number of carbonyl (C=O) groups excluding carboxylic acids is 1. The monoisotopic (exact) mass is 337 g/mol. The predicted molar refractivity (Wildman–Crippen MR) is 91.0 cm³/mol. The highest BCUT2D eigenvalue weighted by Crippen LogP contribution is 2.37. The second-order valence-corrected chi connectivity index (χ2v) is 6.61. The summed E-state index contributed by atoms with van der Waals surface area (Å²) in [5, 5.41) is 21.5. The van der Waals surface area contributed by atoms with E-state index in [4.69, 9.17) is 10.00 Å². The van der Waals surface area contributed by atoms with Gasteiger partial charge >= 0.3 is 0 Å². The SMILES string of the molecule is N#Cc1ccc(OCC(=O)Nc2sc3c(c2C#N)CCCC3)cc1. The van der Waals surface area contributed by atoms with Crippen molar-refractivity contribution >= 4 is 22.2 Å². The summed E-state index contributed by atoms with van der Waals surface area (Å²) >= 11 is 1.50. The van der Waals surface area contributed by atoms with Gasteiger partial charge in [-0.3, -0.25) is 4.79 Å². The zero-order valence-electron chi connectivity index (χ0n) is 13.0. The van der Waals surface area contributed by atoms with Crippen LogP contribution in [0.25, 0.3) is 0 Å². The van der Waals surface area contributed by atoms with Crippen LogP contribution in [0.4, 0.5) is 5.00 Å². The molecule has 0 unspecified atom stereocenters. The Labute approximate surface area is 144 Å². The molecule has 0 radical (unpaired) electrons. The Morgan fingerprint density at radius 1 is 1.17 bits per heavy atom. The first-order valence-corrected chi connectivity index (χ1v) is 8.50. The van der Waals surface area contributed by atoms with Crippen molar-refractivity contribution in [2.45, 2.75) is 25.7 Å². The van der Waals surface area contributed by atoms with Crippen LogP contribution in [0.15, 0.2) is 24.3 Å². The Bertz CT molecular complexity index is 841. The fourth-order valence-corrected chi connectivity index (χ4v) is 3.97. The Kier molecular flexibility index (Phi) is 4.79. The van der Waals surface area contributed by atoms with Gasteiger partial charge in [0, 0.05) is 4.88 Å². The third-order valence-corrected chi connectivity index (χ3v) is 5.10. The molecular weight excluding hydrogens is 322 g/mol. The topological polar surface area (TPSA) is 85.9 Å². The molecule has 3 rings (SSSR count). The molecule has 0 saturated heterocycles. The number of hydrogen-bond donors (Lipinski definition) is 1. The lowest BCUT2D eigenvalue weighted by Crippen LogP contribution is -2.20. The highest BCUT2D eigenvalue weighted by molar-refractivity contribution is 7.16. The van der Waals surface area contributed by atoms with E-state index in [-0.39, 0.29) is 12.5 Å². The van der Waals surface area contributed by atoms with E-state index < -0.39 is 0 Å². The highest BCUT2D eigenvalue weighted by atomic mass is 32.1. The largest absolute Gasteiger partial charge is 0.484 e. The second-order valence-electron chi connectivity index (χ2n) is 5.50. The number of nitrogens with one attached hydrogen (secondary N) is 1. The minimum absolute atomic E-state index is 0.140. The van der Waals surface area contributed by atoms with E-state index in [1.54, 1.807) is 24.3 Å². The molecule has 1 N–H and O–H groups in total. The van der Waals surface area contributed by atoms with E-state index in [1.165, 1.54) is 16.2 Å². The average molecular weight is 337 g/mol. The third kappa shape index (κ3) is 3.40. The zero-order valence-corrected chi connectivity index (χ0v) is 13.8. The average Bonchev–Trinajstić information content (AvgIpc) is 2.97. The van der Waals surface area contributed by atoms with Gasteiger partial charge in [0.15, 0.2) is 6.61 Å². The number of aryl methyl sites for hydroxylation is 1. The molecule has 1 aromatic heterocycles. The van der Waals surface area contributed by atoms with Crippen molar-refractivity contribution in [2.75, 3.05) is 11.9 Å². The first kappa shape index (κ1) is 16.0. The molecule has 120 valence electrons. The van der Waals surface area contributed by atoms with Gasteiger partial charge in [0.2, 0.25) is 0 Å². The molecule has 1 heterocycles. The number of hydrogen-bond acceptors (Lipinski definition) is 5. The molecule has 5 nitrogen and oxygen atoms in total. The standard InChI is InChI=1S/C18H15N3O2S/c19-9-12-5-7-13(8-6-12)23-11-17(22)21-18-15(10-20)14-3-1-2-4-16(14)24-18/h5-8H,1-4,11H2,(H,21,22). The molecule has 1 amide bonds. The summed E-state index contributed by atoms with van der Waals surface area (Å²) in [6.07, 6.45) is 4.11. The lowest BCUT2D eigenvalue weighted by Gasteiger charge is -2.09. The van der Waals surface area contributed by atoms with Gasteiger partial charge in [0.05, 0.1) is 17.2 Å². The first-order chi connectivity index (χ1) is 11.7. The molecule has 0 fully saturated rings. The summed E-state index contributed by atoms with van der Waals surface area (Å²) in [6.45, 7) is -0.140. The lowest BCUT2D eigenvalue weighted by molar-refractivity contribution is -0.118. The minimum Gasteiger partial charge on any atom is -0.484 e. The molecule has 1 aromatic carbocycles. The first-order valence-electron chi connectivity index (χ1n) is 7.68. The van der Waals surface area contributed by atoms with E-state index in [1.807, 2.05) is 6.07 Å². The van der Waals surface area contributed by atoms with Crippen LogP contribution in [0.1, 0.15) is 34.4 Å². The van der Waals surface area contributed by atoms with Gasteiger partial charge in [-0.1, -0.05) is 0 Å². The van der Waals surface area contributed by atoms with Crippen molar-refractivity contribution in [2.24, 2.45) is 0 Å². The summed E-state index contributed by atoms with van der Waals surface area (Å²) in [5.74, 6) is 0.226. The summed E-state index contributed by atoms with van der Waals surface area (Å²) in [7, 11) is 0. The van der Waals surface area contributed by atoms with Gasteiger partial charge in [-0.05, 0) is 55.5 Å². The zero-order chi connectivity index (χ0) is 16.9. The maximum atomic E-state index is 12.1. The Hall–Kier alpha value is -2.83. The molecule has 2 aromatic rings. The van der Waals surface area contributed by atoms with Crippen molar-refractivity contribution in [1.82, 2.24) is 0 Å². The number of benzene rings is 1. The number of amides is 1. The second kappa shape index (κ2) is 7.16. The van der Waals surface area contributed by atoms with Crippen molar-refractivity contribution in [1.29, 1.82) is 10.5 Å². The summed E-state index contributed by atoms with van der Waals surface area (Å²) in [6, 6.07) is 10.8. The van der Waals surface area contributed by atoms with Crippen LogP contribution >= 0.6 is 11.3 Å². The Morgan fingerprint density at radius 3 is 2.62 bits per heavy atom. The molecule has 0 bridgehead atoms. The molecule has 6 heteroatoms. The molecule has 24 heavy (non-hydrogen) atoms. The third-order valence-electron chi connectivity index (χ3n) is 3.89. The van der Waals surface area contributed by atoms with E-state index in [2.05, 4.69) is 11.4 Å². The lowest BCUT2D eigenvalue weighted by atomic mass is 9.96. The Morgan fingerprint density at radius 2 is 1.92 bits per heavy atom. The van der Waals surface area contributed by atoms with Crippen molar-refractivity contribution in [3.05, 3.63) is 45.8 Å². The van der Waals surface area contributed by atoms with Crippen LogP contribution < -0.4 is 10.1 Å². The molecule has 0 saturated carbocycles. The summed E-state index contributed by atoms with van der Waals surface area (Å²) in [4.78, 5) is 13.3. The smallest absolute Gasteiger partial charge is 0.262 e. The van der Waals surface area contributed by atoms with Crippen molar-refractivity contribution in [3.63, 3.8) is 0 Å². The number of carbonyl (C=O) groups is 1. The number of ether oxygens (including phenoxy) is 1. The molecule has 1 aliphatic rings. The van der Waals surface area contributed by atoms with Crippen LogP contribution in [0.5, 0.6) is 5.75 Å². The predicted octanol–water partition coefficient (Wildman–Crippen LogP) is 3.39. The van der Waals surface area contributed by atoms with E-state index in [9.17, 15) is 10.1 Å². The molecule has 0 spiro atoms. The fraction of sp³-hybridized carbons (Fsp3) is 0.278. The van der Waals surface area contributed by atoms with E-state index >= 15 is 0 Å². The Balaban J connectivity index is 1.64. The number of fused-ring (bicyclic) bond motifs is 1. The minimum atomic E-state index is -0.297. The number of nitriles is 2. The molecule has 0 aliphatic heterocycles.